The molecule has 1 saturated carbocycles. The number of aliphatic carboxylic acids is 1. The molecule has 0 amide bonds. The van der Waals surface area contributed by atoms with Crippen LogP contribution in [-0.4, -0.2) is 16.6 Å². The van der Waals surface area contributed by atoms with Crippen LogP contribution >= 0.6 is 11.6 Å². The molecule has 0 aromatic heterocycles. The topological polar surface area (TPSA) is 49.3 Å². The van der Waals surface area contributed by atoms with E-state index in [0.29, 0.717) is 23.0 Å². The van der Waals surface area contributed by atoms with Gasteiger partial charge in [-0.2, -0.15) is 0 Å². The third kappa shape index (κ3) is 2.91. The number of carboxylic acids is 1. The fourth-order valence-electron chi connectivity index (χ4n) is 1.95. The first kappa shape index (κ1) is 12.2. The molecule has 1 unspecified atom stereocenters. The molecule has 0 spiro atoms. The number of rotatable bonds is 5. The Labute approximate surface area is 106 Å². The molecular formula is C13H16ClNO2. The van der Waals surface area contributed by atoms with E-state index in [-0.39, 0.29) is 0 Å². The zero-order valence-electron chi connectivity index (χ0n) is 9.74. The second-order valence-electron chi connectivity index (χ2n) is 4.89. The van der Waals surface area contributed by atoms with Gasteiger partial charge in [-0.25, -0.2) is 4.79 Å². The normalized spacial score (nSPS) is 18.5. The maximum atomic E-state index is 11.4. The Morgan fingerprint density at radius 1 is 1.53 bits per heavy atom. The smallest absolute Gasteiger partial charge is 0.329 e. The van der Waals surface area contributed by atoms with E-state index in [1.54, 1.807) is 19.1 Å². The number of carboxylic acid groups (broad SMARTS) is 1. The Balaban J connectivity index is 2.17. The average Bonchev–Trinajstić information content (AvgIpc) is 3.05. The number of para-hydroxylation sites is 1. The molecule has 1 aromatic carbocycles. The van der Waals surface area contributed by atoms with Gasteiger partial charge in [0.2, 0.25) is 0 Å². The highest BCUT2D eigenvalue weighted by Crippen LogP contribution is 2.38. The lowest BCUT2D eigenvalue weighted by Gasteiger charge is -2.28. The highest BCUT2D eigenvalue weighted by atomic mass is 35.5. The van der Waals surface area contributed by atoms with E-state index < -0.39 is 11.5 Å². The van der Waals surface area contributed by atoms with Crippen molar-refractivity contribution in [1.29, 1.82) is 0 Å². The Morgan fingerprint density at radius 2 is 2.18 bits per heavy atom. The van der Waals surface area contributed by atoms with Gasteiger partial charge in [-0.3, -0.25) is 0 Å². The molecule has 92 valence electrons. The first-order valence-electron chi connectivity index (χ1n) is 5.77. The molecule has 0 bridgehead atoms. The molecule has 0 radical (unpaired) electrons. The highest BCUT2D eigenvalue weighted by Gasteiger charge is 2.39. The van der Waals surface area contributed by atoms with Crippen LogP contribution in [0.25, 0.3) is 0 Å². The van der Waals surface area contributed by atoms with E-state index in [0.717, 1.165) is 12.8 Å². The molecule has 1 aliphatic rings. The largest absolute Gasteiger partial charge is 0.480 e. The monoisotopic (exact) mass is 253 g/mol. The fraction of sp³-hybridized carbons (Fsp3) is 0.462. The highest BCUT2D eigenvalue weighted by molar-refractivity contribution is 6.33. The van der Waals surface area contributed by atoms with E-state index >= 15 is 0 Å². The number of benzene rings is 1. The lowest BCUT2D eigenvalue weighted by Crippen LogP contribution is -2.43. The Hall–Kier alpha value is -1.22. The Kier molecular flexibility index (Phi) is 3.29. The van der Waals surface area contributed by atoms with Crippen LogP contribution in [0.15, 0.2) is 24.3 Å². The molecule has 2 rings (SSSR count). The van der Waals surface area contributed by atoms with Crippen LogP contribution in [0.5, 0.6) is 0 Å². The first-order valence-corrected chi connectivity index (χ1v) is 6.15. The summed E-state index contributed by atoms with van der Waals surface area (Å²) in [6, 6.07) is 7.22. The molecule has 3 nitrogen and oxygen atoms in total. The van der Waals surface area contributed by atoms with Crippen molar-refractivity contribution in [2.24, 2.45) is 5.92 Å². The van der Waals surface area contributed by atoms with Crippen molar-refractivity contribution in [3.8, 4) is 0 Å². The summed E-state index contributed by atoms with van der Waals surface area (Å²) in [5.74, 6) is -0.296. The molecule has 1 aromatic rings. The van der Waals surface area contributed by atoms with Crippen molar-refractivity contribution < 1.29 is 9.90 Å². The third-order valence-corrected chi connectivity index (χ3v) is 3.48. The van der Waals surface area contributed by atoms with Crippen LogP contribution in [0.3, 0.4) is 0 Å². The van der Waals surface area contributed by atoms with Gasteiger partial charge in [0.1, 0.15) is 5.54 Å². The number of nitrogens with one attached hydrogen (secondary N) is 1. The summed E-state index contributed by atoms with van der Waals surface area (Å²) in [4.78, 5) is 11.4. The van der Waals surface area contributed by atoms with Gasteiger partial charge >= 0.3 is 5.97 Å². The number of hydrogen-bond acceptors (Lipinski definition) is 2. The summed E-state index contributed by atoms with van der Waals surface area (Å²) >= 11 is 6.03. The second-order valence-corrected chi connectivity index (χ2v) is 5.30. The van der Waals surface area contributed by atoms with Crippen LogP contribution in [0, 0.1) is 5.92 Å². The number of hydrogen-bond donors (Lipinski definition) is 2. The Bertz CT molecular complexity index is 431. The number of anilines is 1. The van der Waals surface area contributed by atoms with Gasteiger partial charge < -0.3 is 10.4 Å². The third-order valence-electron chi connectivity index (χ3n) is 3.15. The molecule has 1 fully saturated rings. The molecule has 17 heavy (non-hydrogen) atoms. The second kappa shape index (κ2) is 4.57. The van der Waals surface area contributed by atoms with Crippen molar-refractivity contribution in [1.82, 2.24) is 0 Å². The van der Waals surface area contributed by atoms with Gasteiger partial charge in [-0.1, -0.05) is 36.6 Å². The zero-order chi connectivity index (χ0) is 12.5. The molecule has 4 heteroatoms. The summed E-state index contributed by atoms with van der Waals surface area (Å²) < 4.78 is 0. The van der Waals surface area contributed by atoms with Gasteiger partial charge in [0.15, 0.2) is 0 Å². The van der Waals surface area contributed by atoms with Gasteiger partial charge in [-0.05, 0) is 31.4 Å². The molecule has 1 atom stereocenters. The first-order chi connectivity index (χ1) is 8.01. The predicted octanol–water partition coefficient (Wildman–Crippen LogP) is 3.40. The molecule has 2 N–H and O–H groups in total. The van der Waals surface area contributed by atoms with Crippen LogP contribution in [0.4, 0.5) is 5.69 Å². The van der Waals surface area contributed by atoms with E-state index in [1.807, 2.05) is 12.1 Å². The molecule has 1 aliphatic carbocycles. The van der Waals surface area contributed by atoms with Crippen LogP contribution in [0.2, 0.25) is 5.02 Å². The minimum absolute atomic E-state index is 0.533. The summed E-state index contributed by atoms with van der Waals surface area (Å²) in [7, 11) is 0. The van der Waals surface area contributed by atoms with Crippen LogP contribution in [-0.2, 0) is 4.79 Å². The van der Waals surface area contributed by atoms with Crippen molar-refractivity contribution >= 4 is 23.3 Å². The number of halogens is 1. The van der Waals surface area contributed by atoms with E-state index in [1.165, 1.54) is 0 Å². The lowest BCUT2D eigenvalue weighted by molar-refractivity contribution is -0.142. The van der Waals surface area contributed by atoms with E-state index in [4.69, 9.17) is 11.6 Å². The molecule has 0 heterocycles. The van der Waals surface area contributed by atoms with Gasteiger partial charge in [0.25, 0.3) is 0 Å². The predicted molar refractivity (Wildman–Crippen MR) is 68.5 cm³/mol. The lowest BCUT2D eigenvalue weighted by atomic mass is 9.94. The van der Waals surface area contributed by atoms with E-state index in [2.05, 4.69) is 5.32 Å². The maximum Gasteiger partial charge on any atom is 0.329 e. The molecule has 0 aliphatic heterocycles. The number of carbonyl (C=O) groups is 1. The Morgan fingerprint density at radius 3 is 2.71 bits per heavy atom. The zero-order valence-corrected chi connectivity index (χ0v) is 10.5. The van der Waals surface area contributed by atoms with Crippen molar-refractivity contribution in [3.05, 3.63) is 29.3 Å². The van der Waals surface area contributed by atoms with E-state index in [9.17, 15) is 9.90 Å². The maximum absolute atomic E-state index is 11.4. The minimum Gasteiger partial charge on any atom is -0.480 e. The molecule has 0 saturated heterocycles. The summed E-state index contributed by atoms with van der Waals surface area (Å²) in [5, 5.41) is 13.0. The standard InChI is InChI=1S/C13H16ClNO2/c1-13(12(16)17,8-9-6-7-9)15-11-5-3-2-4-10(11)14/h2-5,9,15H,6-8H2,1H3,(H,16,17). The van der Waals surface area contributed by atoms with Gasteiger partial charge in [0.05, 0.1) is 10.7 Å². The summed E-state index contributed by atoms with van der Waals surface area (Å²) in [6.45, 7) is 1.72. The van der Waals surface area contributed by atoms with Gasteiger partial charge in [0, 0.05) is 0 Å². The van der Waals surface area contributed by atoms with Crippen LogP contribution < -0.4 is 5.32 Å². The van der Waals surface area contributed by atoms with Crippen molar-refractivity contribution in [3.63, 3.8) is 0 Å². The quantitative estimate of drug-likeness (QED) is 0.846. The summed E-state index contributed by atoms with van der Waals surface area (Å²) in [6.07, 6.45) is 2.91. The summed E-state index contributed by atoms with van der Waals surface area (Å²) in [5.41, 5.74) is -0.258. The van der Waals surface area contributed by atoms with Crippen molar-refractivity contribution in [2.45, 2.75) is 31.7 Å². The average molecular weight is 254 g/mol. The SMILES string of the molecule is CC(CC1CC1)(Nc1ccccc1Cl)C(=O)O. The fourth-order valence-corrected chi connectivity index (χ4v) is 2.13. The minimum atomic E-state index is -0.938. The van der Waals surface area contributed by atoms with Crippen LogP contribution in [0.1, 0.15) is 26.2 Å². The van der Waals surface area contributed by atoms with Crippen molar-refractivity contribution in [2.75, 3.05) is 5.32 Å². The molecular weight excluding hydrogens is 238 g/mol. The van der Waals surface area contributed by atoms with Gasteiger partial charge in [-0.15, -0.1) is 0 Å².